The van der Waals surface area contributed by atoms with Crippen molar-refractivity contribution in [3.8, 4) is 11.8 Å². The Kier molecular flexibility index (Phi) is 3.06. The molecule has 2 aromatic rings. The van der Waals surface area contributed by atoms with Gasteiger partial charge in [-0.05, 0) is 34.7 Å². The highest BCUT2D eigenvalue weighted by atomic mass is 127. The first kappa shape index (κ1) is 11.5. The van der Waals surface area contributed by atoms with E-state index in [-0.39, 0.29) is 11.3 Å². The number of aromatic nitrogens is 2. The zero-order chi connectivity index (χ0) is 12.4. The van der Waals surface area contributed by atoms with Crippen LogP contribution in [-0.2, 0) is 0 Å². The molecule has 0 fully saturated rings. The zero-order valence-corrected chi connectivity index (χ0v) is 10.5. The van der Waals surface area contributed by atoms with Gasteiger partial charge in [-0.2, -0.15) is 10.4 Å². The molecule has 0 spiro atoms. The lowest BCUT2D eigenvalue weighted by Crippen LogP contribution is -2.00. The van der Waals surface area contributed by atoms with Gasteiger partial charge in [0.1, 0.15) is 5.69 Å². The second-order valence-corrected chi connectivity index (χ2v) is 4.42. The molecule has 0 N–H and O–H groups in total. The summed E-state index contributed by atoms with van der Waals surface area (Å²) in [4.78, 5) is 10.4. The number of nitro benzene ring substituents is 1. The first-order valence-corrected chi connectivity index (χ1v) is 5.59. The van der Waals surface area contributed by atoms with Crippen molar-refractivity contribution < 1.29 is 4.92 Å². The Balaban J connectivity index is 2.62. The maximum Gasteiger partial charge on any atom is 0.296 e. The summed E-state index contributed by atoms with van der Waals surface area (Å²) in [5.41, 5.74) is 0.461. The Morgan fingerprint density at radius 3 is 2.82 bits per heavy atom. The highest BCUT2D eigenvalue weighted by Crippen LogP contribution is 2.24. The average Bonchev–Trinajstić information content (AvgIpc) is 2.75. The summed E-state index contributed by atoms with van der Waals surface area (Å²) in [6.45, 7) is 0. The third-order valence-corrected chi connectivity index (χ3v) is 2.66. The molecule has 0 atom stereocenters. The SMILES string of the molecule is N#Cc1ccc(-n2cc(I)cn2)c([N+](=O)[O-])c1. The van der Waals surface area contributed by atoms with Crippen LogP contribution in [0.25, 0.3) is 5.69 Å². The van der Waals surface area contributed by atoms with Crippen molar-refractivity contribution in [2.75, 3.05) is 0 Å². The molecule has 0 saturated carbocycles. The van der Waals surface area contributed by atoms with Gasteiger partial charge in [0.2, 0.25) is 0 Å². The van der Waals surface area contributed by atoms with Crippen molar-refractivity contribution in [2.24, 2.45) is 0 Å². The molecule has 0 aliphatic heterocycles. The predicted octanol–water partition coefficient (Wildman–Crippen LogP) is 2.26. The van der Waals surface area contributed by atoms with Crippen molar-refractivity contribution in [1.29, 1.82) is 5.26 Å². The lowest BCUT2D eigenvalue weighted by Gasteiger charge is -2.02. The maximum absolute atomic E-state index is 10.9. The van der Waals surface area contributed by atoms with Crippen molar-refractivity contribution in [3.05, 3.63) is 49.8 Å². The van der Waals surface area contributed by atoms with Crippen LogP contribution < -0.4 is 0 Å². The van der Waals surface area contributed by atoms with E-state index in [1.807, 2.05) is 6.07 Å². The van der Waals surface area contributed by atoms with Gasteiger partial charge in [-0.25, -0.2) is 4.68 Å². The van der Waals surface area contributed by atoms with E-state index < -0.39 is 4.92 Å². The first-order chi connectivity index (χ1) is 8.11. The van der Waals surface area contributed by atoms with Crippen LogP contribution in [0.2, 0.25) is 0 Å². The molecule has 2 rings (SSSR count). The lowest BCUT2D eigenvalue weighted by atomic mass is 10.2. The molecule has 0 bridgehead atoms. The number of rotatable bonds is 2. The Morgan fingerprint density at radius 2 is 2.29 bits per heavy atom. The summed E-state index contributed by atoms with van der Waals surface area (Å²) >= 11 is 2.06. The van der Waals surface area contributed by atoms with E-state index in [1.165, 1.54) is 22.9 Å². The van der Waals surface area contributed by atoms with Crippen LogP contribution in [0.5, 0.6) is 0 Å². The fraction of sp³-hybridized carbons (Fsp3) is 0. The molecule has 7 heteroatoms. The molecule has 0 aliphatic rings. The van der Waals surface area contributed by atoms with Gasteiger partial charge >= 0.3 is 0 Å². The Hall–Kier alpha value is -1.95. The van der Waals surface area contributed by atoms with Crippen LogP contribution in [0.15, 0.2) is 30.6 Å². The van der Waals surface area contributed by atoms with Crippen LogP contribution in [0.4, 0.5) is 5.69 Å². The minimum absolute atomic E-state index is 0.136. The Bertz CT molecular complexity index is 629. The van der Waals surface area contributed by atoms with E-state index in [2.05, 4.69) is 27.7 Å². The monoisotopic (exact) mass is 340 g/mol. The second kappa shape index (κ2) is 4.50. The van der Waals surface area contributed by atoms with Crippen LogP contribution >= 0.6 is 22.6 Å². The largest absolute Gasteiger partial charge is 0.296 e. The molecule has 1 aromatic heterocycles. The molecule has 1 aromatic carbocycles. The fourth-order valence-corrected chi connectivity index (χ4v) is 1.75. The molecule has 0 radical (unpaired) electrons. The number of hydrogen-bond acceptors (Lipinski definition) is 4. The van der Waals surface area contributed by atoms with Crippen molar-refractivity contribution in [1.82, 2.24) is 9.78 Å². The smallest absolute Gasteiger partial charge is 0.258 e. The second-order valence-electron chi connectivity index (χ2n) is 3.18. The van der Waals surface area contributed by atoms with E-state index in [9.17, 15) is 10.1 Å². The van der Waals surface area contributed by atoms with Gasteiger partial charge in [0.15, 0.2) is 0 Å². The van der Waals surface area contributed by atoms with Crippen LogP contribution in [0, 0.1) is 25.0 Å². The molecule has 17 heavy (non-hydrogen) atoms. The number of hydrogen-bond donors (Lipinski definition) is 0. The predicted molar refractivity (Wildman–Crippen MR) is 67.7 cm³/mol. The van der Waals surface area contributed by atoms with Gasteiger partial charge in [-0.1, -0.05) is 0 Å². The number of halogens is 1. The summed E-state index contributed by atoms with van der Waals surface area (Å²) < 4.78 is 2.29. The molecule has 0 amide bonds. The van der Waals surface area contributed by atoms with Crippen molar-refractivity contribution in [3.63, 3.8) is 0 Å². The number of nitriles is 1. The zero-order valence-electron chi connectivity index (χ0n) is 8.37. The van der Waals surface area contributed by atoms with Crippen molar-refractivity contribution >= 4 is 28.3 Å². The molecular weight excluding hydrogens is 335 g/mol. The number of nitrogens with zero attached hydrogens (tertiary/aromatic N) is 4. The topological polar surface area (TPSA) is 84.8 Å². The minimum Gasteiger partial charge on any atom is -0.258 e. The number of nitro groups is 1. The van der Waals surface area contributed by atoms with E-state index >= 15 is 0 Å². The fourth-order valence-electron chi connectivity index (χ4n) is 1.37. The Morgan fingerprint density at radius 1 is 1.53 bits per heavy atom. The quantitative estimate of drug-likeness (QED) is 0.477. The highest BCUT2D eigenvalue weighted by Gasteiger charge is 2.16. The van der Waals surface area contributed by atoms with Crippen molar-refractivity contribution in [2.45, 2.75) is 0 Å². The van der Waals surface area contributed by atoms with E-state index in [0.29, 0.717) is 5.69 Å². The number of benzene rings is 1. The molecule has 0 unspecified atom stereocenters. The van der Waals surface area contributed by atoms with Gasteiger partial charge < -0.3 is 0 Å². The molecular formula is C10H5IN4O2. The average molecular weight is 340 g/mol. The molecule has 1 heterocycles. The summed E-state index contributed by atoms with van der Waals surface area (Å²) in [5.74, 6) is 0. The molecule has 84 valence electrons. The minimum atomic E-state index is -0.523. The summed E-state index contributed by atoms with van der Waals surface area (Å²) in [7, 11) is 0. The third-order valence-electron chi connectivity index (χ3n) is 2.10. The standard InChI is InChI=1S/C10H5IN4O2/c11-8-5-13-14(6-8)9-2-1-7(4-12)3-10(9)15(16)17/h1-3,5-6H. The summed E-state index contributed by atoms with van der Waals surface area (Å²) in [6.07, 6.45) is 3.28. The highest BCUT2D eigenvalue weighted by molar-refractivity contribution is 14.1. The van der Waals surface area contributed by atoms with E-state index in [4.69, 9.17) is 5.26 Å². The van der Waals surface area contributed by atoms with Gasteiger partial charge in [0, 0.05) is 12.3 Å². The lowest BCUT2D eigenvalue weighted by molar-refractivity contribution is -0.384. The van der Waals surface area contributed by atoms with E-state index in [0.717, 1.165) is 3.57 Å². The van der Waals surface area contributed by atoms with Crippen LogP contribution in [-0.4, -0.2) is 14.7 Å². The van der Waals surface area contributed by atoms with Gasteiger partial charge in [0.25, 0.3) is 5.69 Å². The maximum atomic E-state index is 10.9. The normalized spacial score (nSPS) is 9.88. The molecule has 0 aliphatic carbocycles. The summed E-state index contributed by atoms with van der Waals surface area (Å²) in [5, 5.41) is 23.6. The third kappa shape index (κ3) is 2.26. The molecule has 0 saturated heterocycles. The first-order valence-electron chi connectivity index (χ1n) is 4.51. The van der Waals surface area contributed by atoms with Gasteiger partial charge in [-0.15, -0.1) is 0 Å². The van der Waals surface area contributed by atoms with E-state index in [1.54, 1.807) is 12.4 Å². The van der Waals surface area contributed by atoms with Crippen LogP contribution in [0.1, 0.15) is 5.56 Å². The molecule has 6 nitrogen and oxygen atoms in total. The van der Waals surface area contributed by atoms with Gasteiger partial charge in [-0.3, -0.25) is 10.1 Å². The summed E-state index contributed by atoms with van der Waals surface area (Å²) in [6, 6.07) is 6.15. The Labute approximate surface area is 110 Å². The van der Waals surface area contributed by atoms with Gasteiger partial charge in [0.05, 0.1) is 26.3 Å². The van der Waals surface area contributed by atoms with Crippen LogP contribution in [0.3, 0.4) is 0 Å².